The van der Waals surface area contributed by atoms with Gasteiger partial charge in [0, 0.05) is 0 Å². The van der Waals surface area contributed by atoms with Crippen molar-refractivity contribution in [1.82, 2.24) is 0 Å². The Morgan fingerprint density at radius 1 is 0.500 bits per heavy atom. The fraction of sp³-hybridized carbons (Fsp3) is 0. The third kappa shape index (κ3) is 3.76. The van der Waals surface area contributed by atoms with Crippen LogP contribution in [0.1, 0.15) is 20.7 Å². The van der Waals surface area contributed by atoms with Gasteiger partial charge in [-0.2, -0.15) is 0 Å². The second kappa shape index (κ2) is 7.76. The number of benzene rings is 4. The van der Waals surface area contributed by atoms with Crippen LogP contribution in [0.2, 0.25) is 0 Å². The van der Waals surface area contributed by atoms with Crippen LogP contribution >= 0.6 is 0 Å². The maximum Gasteiger partial charge on any atom is 0.344 e. The predicted octanol–water partition coefficient (Wildman–Crippen LogP) is 5.28. The van der Waals surface area contributed by atoms with E-state index in [1.165, 1.54) is 0 Å². The Balaban J connectivity index is 1.74. The van der Waals surface area contributed by atoms with E-state index in [2.05, 4.69) is 0 Å². The Kier molecular flexibility index (Phi) is 4.85. The zero-order valence-corrected chi connectivity index (χ0v) is 14.9. The highest BCUT2D eigenvalue weighted by Crippen LogP contribution is 2.24. The number of carbonyl (C=O) groups excluding carboxylic acids is 2. The van der Waals surface area contributed by atoms with Crippen molar-refractivity contribution >= 4 is 22.7 Å². The second-order valence-corrected chi connectivity index (χ2v) is 6.15. The minimum atomic E-state index is -0.614. The molecule has 4 nitrogen and oxygen atoms in total. The zero-order valence-electron chi connectivity index (χ0n) is 14.9. The van der Waals surface area contributed by atoms with Gasteiger partial charge in [0.25, 0.3) is 0 Å². The van der Waals surface area contributed by atoms with Gasteiger partial charge in [-0.15, -0.1) is 0 Å². The normalized spacial score (nSPS) is 10.4. The second-order valence-electron chi connectivity index (χ2n) is 6.15. The molecule has 4 aromatic carbocycles. The number of rotatable bonds is 4. The van der Waals surface area contributed by atoms with Gasteiger partial charge in [0.1, 0.15) is 11.5 Å². The molecule has 4 rings (SSSR count). The van der Waals surface area contributed by atoms with E-state index < -0.39 is 11.9 Å². The lowest BCUT2D eigenvalue weighted by Crippen LogP contribution is -2.17. The van der Waals surface area contributed by atoms with Crippen molar-refractivity contribution in [3.05, 3.63) is 108 Å². The van der Waals surface area contributed by atoms with Gasteiger partial charge in [0.05, 0.1) is 11.1 Å². The zero-order chi connectivity index (χ0) is 19.3. The molecule has 0 saturated heterocycles. The van der Waals surface area contributed by atoms with E-state index in [-0.39, 0.29) is 11.1 Å². The highest BCUT2D eigenvalue weighted by molar-refractivity contribution is 6.08. The number of para-hydroxylation sites is 2. The van der Waals surface area contributed by atoms with Gasteiger partial charge in [0.15, 0.2) is 0 Å². The summed E-state index contributed by atoms with van der Waals surface area (Å²) in [6.07, 6.45) is 0. The maximum atomic E-state index is 12.8. The van der Waals surface area contributed by atoms with Crippen LogP contribution in [0.4, 0.5) is 0 Å². The number of carbonyl (C=O) groups is 2. The summed E-state index contributed by atoms with van der Waals surface area (Å²) in [4.78, 5) is 25.6. The smallest absolute Gasteiger partial charge is 0.344 e. The number of fused-ring (bicyclic) bond motifs is 1. The van der Waals surface area contributed by atoms with Crippen molar-refractivity contribution in [3.8, 4) is 11.5 Å². The fourth-order valence-electron chi connectivity index (χ4n) is 2.88. The highest BCUT2D eigenvalue weighted by atomic mass is 16.5. The molecule has 0 unspecified atom stereocenters. The molecule has 28 heavy (non-hydrogen) atoms. The molecule has 0 aliphatic heterocycles. The van der Waals surface area contributed by atoms with Crippen LogP contribution in [0.15, 0.2) is 97.1 Å². The lowest BCUT2D eigenvalue weighted by molar-refractivity contribution is 0.0692. The van der Waals surface area contributed by atoms with E-state index >= 15 is 0 Å². The summed E-state index contributed by atoms with van der Waals surface area (Å²) in [5, 5.41) is 1.66. The standard InChI is InChI=1S/C24H16O4/c25-23(27-19-11-3-1-4-12-19)21-15-17-9-7-8-10-18(17)16-22(21)24(26)28-20-13-5-2-6-14-20/h1-16H. The number of hydrogen-bond acceptors (Lipinski definition) is 4. The van der Waals surface area contributed by atoms with E-state index in [1.807, 2.05) is 36.4 Å². The average molecular weight is 368 g/mol. The predicted molar refractivity (Wildman–Crippen MR) is 107 cm³/mol. The SMILES string of the molecule is O=C(Oc1ccccc1)c1cc2ccccc2cc1C(=O)Oc1ccccc1. The van der Waals surface area contributed by atoms with Crippen molar-refractivity contribution in [2.45, 2.75) is 0 Å². The number of esters is 2. The number of hydrogen-bond donors (Lipinski definition) is 0. The summed E-state index contributed by atoms with van der Waals surface area (Å²) in [6.45, 7) is 0. The van der Waals surface area contributed by atoms with Gasteiger partial charge >= 0.3 is 11.9 Å². The molecule has 0 amide bonds. The quantitative estimate of drug-likeness (QED) is 0.363. The molecule has 0 spiro atoms. The molecular formula is C24H16O4. The van der Waals surface area contributed by atoms with Crippen molar-refractivity contribution in [3.63, 3.8) is 0 Å². The van der Waals surface area contributed by atoms with Gasteiger partial charge in [-0.25, -0.2) is 9.59 Å². The first-order chi connectivity index (χ1) is 13.7. The van der Waals surface area contributed by atoms with Crippen molar-refractivity contribution in [2.24, 2.45) is 0 Å². The van der Waals surface area contributed by atoms with E-state index in [9.17, 15) is 9.59 Å². The molecule has 4 aromatic rings. The summed E-state index contributed by atoms with van der Waals surface area (Å²) in [5.41, 5.74) is 0.312. The van der Waals surface area contributed by atoms with Crippen LogP contribution in [0, 0.1) is 0 Å². The Labute approximate surface area is 162 Å². The van der Waals surface area contributed by atoms with Gasteiger partial charge in [-0.3, -0.25) is 0 Å². The molecule has 0 saturated carbocycles. The number of ether oxygens (including phenoxy) is 2. The third-order valence-corrected chi connectivity index (χ3v) is 4.23. The summed E-state index contributed by atoms with van der Waals surface area (Å²) in [7, 11) is 0. The average Bonchev–Trinajstić information content (AvgIpc) is 2.74. The largest absolute Gasteiger partial charge is 0.423 e. The molecule has 0 aliphatic rings. The molecule has 0 atom stereocenters. The van der Waals surface area contributed by atoms with Crippen LogP contribution in [0.5, 0.6) is 11.5 Å². The van der Waals surface area contributed by atoms with Crippen LogP contribution in [0.3, 0.4) is 0 Å². The Hall–Kier alpha value is -3.92. The van der Waals surface area contributed by atoms with E-state index in [4.69, 9.17) is 9.47 Å². The van der Waals surface area contributed by atoms with Gasteiger partial charge < -0.3 is 9.47 Å². The molecule has 0 N–H and O–H groups in total. The van der Waals surface area contributed by atoms with E-state index in [0.29, 0.717) is 11.5 Å². The summed E-state index contributed by atoms with van der Waals surface area (Å²) in [6, 6.07) is 28.3. The lowest BCUT2D eigenvalue weighted by Gasteiger charge is -2.11. The monoisotopic (exact) mass is 368 g/mol. The molecule has 0 radical (unpaired) electrons. The van der Waals surface area contributed by atoms with Crippen molar-refractivity contribution in [1.29, 1.82) is 0 Å². The first-order valence-electron chi connectivity index (χ1n) is 8.78. The minimum absolute atomic E-state index is 0.156. The fourth-order valence-corrected chi connectivity index (χ4v) is 2.88. The first-order valence-corrected chi connectivity index (χ1v) is 8.78. The minimum Gasteiger partial charge on any atom is -0.423 e. The maximum absolute atomic E-state index is 12.8. The first kappa shape index (κ1) is 17.5. The molecule has 0 heterocycles. The van der Waals surface area contributed by atoms with Crippen LogP contribution in [-0.4, -0.2) is 11.9 Å². The molecule has 4 heteroatoms. The summed E-state index contributed by atoms with van der Waals surface area (Å²) in [5.74, 6) is -0.417. The highest BCUT2D eigenvalue weighted by Gasteiger charge is 2.21. The van der Waals surface area contributed by atoms with Gasteiger partial charge in [0.2, 0.25) is 0 Å². The molecule has 0 bridgehead atoms. The summed E-state index contributed by atoms with van der Waals surface area (Å²) >= 11 is 0. The lowest BCUT2D eigenvalue weighted by atomic mass is 10.0. The molecule has 0 fully saturated rings. The van der Waals surface area contributed by atoms with Crippen LogP contribution < -0.4 is 9.47 Å². The van der Waals surface area contributed by atoms with Crippen LogP contribution in [-0.2, 0) is 0 Å². The molecular weight excluding hydrogens is 352 g/mol. The van der Waals surface area contributed by atoms with Crippen LogP contribution in [0.25, 0.3) is 10.8 Å². The van der Waals surface area contributed by atoms with E-state index in [1.54, 1.807) is 60.7 Å². The topological polar surface area (TPSA) is 52.6 Å². The summed E-state index contributed by atoms with van der Waals surface area (Å²) < 4.78 is 10.9. The Morgan fingerprint density at radius 3 is 1.25 bits per heavy atom. The molecule has 0 aliphatic carbocycles. The third-order valence-electron chi connectivity index (χ3n) is 4.23. The van der Waals surface area contributed by atoms with E-state index in [0.717, 1.165) is 10.8 Å². The molecule has 0 aromatic heterocycles. The Bertz CT molecular complexity index is 1040. The van der Waals surface area contributed by atoms with Gasteiger partial charge in [-0.05, 0) is 47.2 Å². The van der Waals surface area contributed by atoms with Crippen molar-refractivity contribution in [2.75, 3.05) is 0 Å². The Morgan fingerprint density at radius 2 is 0.857 bits per heavy atom. The molecule has 136 valence electrons. The van der Waals surface area contributed by atoms with Crippen molar-refractivity contribution < 1.29 is 19.1 Å². The van der Waals surface area contributed by atoms with Gasteiger partial charge in [-0.1, -0.05) is 60.7 Å².